The Bertz CT molecular complexity index is 138. The third-order valence-electron chi connectivity index (χ3n) is 2.98. The van der Waals surface area contributed by atoms with Crippen LogP contribution in [0.1, 0.15) is 32.1 Å². The molecule has 1 saturated carbocycles. The molecule has 0 bridgehead atoms. The quantitative estimate of drug-likeness (QED) is 0.665. The summed E-state index contributed by atoms with van der Waals surface area (Å²) in [5.41, 5.74) is 0. The first-order valence-corrected chi connectivity index (χ1v) is 7.67. The summed E-state index contributed by atoms with van der Waals surface area (Å²) >= 11 is 4.25. The fourth-order valence-corrected chi connectivity index (χ4v) is 4.57. The van der Waals surface area contributed by atoms with E-state index in [1.165, 1.54) is 55.4 Å². The van der Waals surface area contributed by atoms with Crippen LogP contribution in [0, 0.1) is 0 Å². The molecule has 3 heteroatoms. The molecule has 0 aromatic rings. The van der Waals surface area contributed by atoms with Crippen LogP contribution in [0.2, 0.25) is 0 Å². The highest BCUT2D eigenvalue weighted by molar-refractivity contribution is 8.03. The minimum atomic E-state index is 0.923. The Morgan fingerprint density at radius 1 is 0.846 bits per heavy atom. The van der Waals surface area contributed by atoms with Gasteiger partial charge < -0.3 is 0 Å². The normalized spacial score (nSPS) is 28.6. The number of rotatable bonds is 1. The van der Waals surface area contributed by atoms with Gasteiger partial charge >= 0.3 is 0 Å². The maximum atomic E-state index is 2.71. The summed E-state index contributed by atoms with van der Waals surface area (Å²) in [6.07, 6.45) is 7.33. The smallest absolute Gasteiger partial charge is 0.0455 e. The van der Waals surface area contributed by atoms with Crippen molar-refractivity contribution in [3.05, 3.63) is 0 Å². The Morgan fingerprint density at radius 3 is 2.08 bits per heavy atom. The molecule has 1 heterocycles. The summed E-state index contributed by atoms with van der Waals surface area (Å²) in [6.45, 7) is 0. The second kappa shape index (κ2) is 5.52. The Labute approximate surface area is 90.0 Å². The van der Waals surface area contributed by atoms with Gasteiger partial charge in [0, 0.05) is 29.3 Å². The van der Waals surface area contributed by atoms with Gasteiger partial charge in [0.2, 0.25) is 0 Å². The van der Waals surface area contributed by atoms with E-state index in [2.05, 4.69) is 28.4 Å². The van der Waals surface area contributed by atoms with Gasteiger partial charge in [0.25, 0.3) is 0 Å². The van der Waals surface area contributed by atoms with Gasteiger partial charge in [0.15, 0.2) is 0 Å². The van der Waals surface area contributed by atoms with E-state index in [1.807, 2.05) is 0 Å². The van der Waals surface area contributed by atoms with Gasteiger partial charge in [-0.05, 0) is 12.8 Å². The summed E-state index contributed by atoms with van der Waals surface area (Å²) in [7, 11) is 0. The molecule has 0 N–H and O–H groups in total. The Morgan fingerprint density at radius 2 is 1.46 bits per heavy atom. The first kappa shape index (κ1) is 10.2. The summed E-state index contributed by atoms with van der Waals surface area (Å²) in [4.78, 5) is 2.71. The molecule has 0 unspecified atom stereocenters. The van der Waals surface area contributed by atoms with E-state index in [4.69, 9.17) is 0 Å². The lowest BCUT2D eigenvalue weighted by Crippen LogP contribution is -2.35. The van der Waals surface area contributed by atoms with E-state index in [9.17, 15) is 0 Å². The minimum Gasteiger partial charge on any atom is -0.282 e. The highest BCUT2D eigenvalue weighted by Crippen LogP contribution is 2.27. The van der Waals surface area contributed by atoms with Crippen molar-refractivity contribution < 1.29 is 0 Å². The SMILES string of the molecule is C1CCC(N2CSCCSC2)CC1. The van der Waals surface area contributed by atoms with Crippen molar-refractivity contribution in [2.45, 2.75) is 38.1 Å². The van der Waals surface area contributed by atoms with E-state index in [0.29, 0.717) is 0 Å². The predicted octanol–water partition coefficient (Wildman–Crippen LogP) is 3.02. The Hall–Kier alpha value is 0.660. The summed E-state index contributed by atoms with van der Waals surface area (Å²) in [6, 6.07) is 0.923. The first-order chi connectivity index (χ1) is 6.47. The molecule has 1 nitrogen and oxygen atoms in total. The van der Waals surface area contributed by atoms with Crippen LogP contribution in [0.15, 0.2) is 0 Å². The molecule has 0 aromatic heterocycles. The minimum absolute atomic E-state index is 0.923. The lowest BCUT2D eigenvalue weighted by atomic mass is 9.95. The topological polar surface area (TPSA) is 3.24 Å². The van der Waals surface area contributed by atoms with Crippen LogP contribution < -0.4 is 0 Å². The fraction of sp³-hybridized carbons (Fsp3) is 1.00. The fourth-order valence-electron chi connectivity index (χ4n) is 2.18. The average molecular weight is 217 g/mol. The Kier molecular flexibility index (Phi) is 4.32. The largest absolute Gasteiger partial charge is 0.282 e. The van der Waals surface area contributed by atoms with Crippen molar-refractivity contribution in [3.63, 3.8) is 0 Å². The van der Waals surface area contributed by atoms with Crippen LogP contribution in [0.5, 0.6) is 0 Å². The first-order valence-electron chi connectivity index (χ1n) is 5.36. The summed E-state index contributed by atoms with van der Waals surface area (Å²) in [5.74, 6) is 5.29. The third kappa shape index (κ3) is 3.07. The maximum Gasteiger partial charge on any atom is 0.0455 e. The van der Waals surface area contributed by atoms with Crippen molar-refractivity contribution >= 4 is 23.5 Å². The van der Waals surface area contributed by atoms with Gasteiger partial charge in [-0.3, -0.25) is 4.90 Å². The molecule has 0 aromatic carbocycles. The van der Waals surface area contributed by atoms with Crippen molar-refractivity contribution in [1.29, 1.82) is 0 Å². The zero-order chi connectivity index (χ0) is 8.93. The third-order valence-corrected chi connectivity index (χ3v) is 5.25. The van der Waals surface area contributed by atoms with E-state index < -0.39 is 0 Å². The zero-order valence-corrected chi connectivity index (χ0v) is 9.84. The second-order valence-corrected chi connectivity index (χ2v) is 6.10. The van der Waals surface area contributed by atoms with Crippen LogP contribution in [0.3, 0.4) is 0 Å². The maximum absolute atomic E-state index is 2.71. The van der Waals surface area contributed by atoms with Crippen molar-refractivity contribution in [2.24, 2.45) is 0 Å². The van der Waals surface area contributed by atoms with Crippen molar-refractivity contribution in [3.8, 4) is 0 Å². The van der Waals surface area contributed by atoms with Gasteiger partial charge in [-0.25, -0.2) is 0 Å². The highest BCUT2D eigenvalue weighted by Gasteiger charge is 2.21. The average Bonchev–Trinajstić information content (AvgIpc) is 2.47. The van der Waals surface area contributed by atoms with Gasteiger partial charge in [-0.15, -0.1) is 23.5 Å². The van der Waals surface area contributed by atoms with Crippen LogP contribution in [0.25, 0.3) is 0 Å². The molecule has 2 aliphatic rings. The summed E-state index contributed by atoms with van der Waals surface area (Å²) in [5, 5.41) is 0. The van der Waals surface area contributed by atoms with E-state index in [0.717, 1.165) is 6.04 Å². The molecular formula is C10H19NS2. The van der Waals surface area contributed by atoms with Crippen LogP contribution in [-0.4, -0.2) is 34.2 Å². The molecule has 2 fully saturated rings. The van der Waals surface area contributed by atoms with Gasteiger partial charge in [0.1, 0.15) is 0 Å². The van der Waals surface area contributed by atoms with Crippen molar-refractivity contribution in [1.82, 2.24) is 4.90 Å². The molecule has 13 heavy (non-hydrogen) atoms. The zero-order valence-electron chi connectivity index (χ0n) is 8.21. The van der Waals surface area contributed by atoms with Gasteiger partial charge in [0.05, 0.1) is 0 Å². The lowest BCUT2D eigenvalue weighted by Gasteiger charge is -2.32. The molecule has 1 aliphatic heterocycles. The number of thioether (sulfide) groups is 2. The van der Waals surface area contributed by atoms with Crippen molar-refractivity contribution in [2.75, 3.05) is 23.3 Å². The predicted molar refractivity (Wildman–Crippen MR) is 63.4 cm³/mol. The standard InChI is InChI=1S/C10H19NS2/c1-2-4-10(5-3-1)11-8-12-6-7-13-9-11/h10H,1-9H2. The lowest BCUT2D eigenvalue weighted by molar-refractivity contribution is 0.213. The molecule has 1 aliphatic carbocycles. The molecule has 0 radical (unpaired) electrons. The van der Waals surface area contributed by atoms with E-state index in [1.54, 1.807) is 0 Å². The number of hydrogen-bond acceptors (Lipinski definition) is 3. The molecule has 0 atom stereocenters. The number of hydrogen-bond donors (Lipinski definition) is 0. The van der Waals surface area contributed by atoms with Crippen LogP contribution in [-0.2, 0) is 0 Å². The molecule has 76 valence electrons. The van der Waals surface area contributed by atoms with Gasteiger partial charge in [-0.2, -0.15) is 0 Å². The molecule has 0 spiro atoms. The van der Waals surface area contributed by atoms with Crippen LogP contribution in [0.4, 0.5) is 0 Å². The molecule has 0 amide bonds. The van der Waals surface area contributed by atoms with Crippen LogP contribution >= 0.6 is 23.5 Å². The highest BCUT2D eigenvalue weighted by atomic mass is 32.2. The molecule has 2 rings (SSSR count). The molecular weight excluding hydrogens is 198 g/mol. The second-order valence-electron chi connectivity index (χ2n) is 3.96. The Balaban J connectivity index is 1.82. The summed E-state index contributed by atoms with van der Waals surface area (Å²) < 4.78 is 0. The van der Waals surface area contributed by atoms with E-state index in [-0.39, 0.29) is 0 Å². The monoisotopic (exact) mass is 217 g/mol. The van der Waals surface area contributed by atoms with E-state index >= 15 is 0 Å². The number of nitrogens with zero attached hydrogens (tertiary/aromatic N) is 1. The molecule has 1 saturated heterocycles. The van der Waals surface area contributed by atoms with Gasteiger partial charge in [-0.1, -0.05) is 19.3 Å².